The van der Waals surface area contributed by atoms with Gasteiger partial charge in [0.2, 0.25) is 0 Å². The number of nitrogens with two attached hydrogens (primary N) is 1. The van der Waals surface area contributed by atoms with Crippen molar-refractivity contribution in [3.05, 3.63) is 47.9 Å². The number of nitrogen functional groups attached to an aromatic ring is 1. The van der Waals surface area contributed by atoms with E-state index in [1.807, 2.05) is 24.3 Å². The average molecular weight is 287 g/mol. The Morgan fingerprint density at radius 1 is 1.40 bits per heavy atom. The van der Waals surface area contributed by atoms with Crippen LogP contribution in [0, 0.1) is 0 Å². The third-order valence-corrected chi connectivity index (χ3v) is 3.75. The van der Waals surface area contributed by atoms with Crippen LogP contribution in [-0.4, -0.2) is 17.4 Å². The standard InChI is InChI=1S/C14H13N3O2S/c15-14-17-11-4-3-9(8-12(11)20-14)13(18)16-6-5-10-2-1-7-19-10/h1-4,7-8H,5-6H2,(H2,15,17)(H,16,18). The van der Waals surface area contributed by atoms with Crippen LogP contribution < -0.4 is 11.1 Å². The van der Waals surface area contributed by atoms with Crippen molar-refractivity contribution >= 4 is 32.6 Å². The largest absolute Gasteiger partial charge is 0.469 e. The van der Waals surface area contributed by atoms with E-state index in [9.17, 15) is 4.79 Å². The van der Waals surface area contributed by atoms with Crippen LogP contribution in [0.4, 0.5) is 5.13 Å². The molecule has 1 aromatic carbocycles. The number of hydrogen-bond donors (Lipinski definition) is 2. The molecule has 0 radical (unpaired) electrons. The van der Waals surface area contributed by atoms with E-state index >= 15 is 0 Å². The van der Waals surface area contributed by atoms with Gasteiger partial charge in [-0.05, 0) is 30.3 Å². The molecular formula is C14H13N3O2S. The van der Waals surface area contributed by atoms with Gasteiger partial charge in [0.05, 0.1) is 16.5 Å². The van der Waals surface area contributed by atoms with Crippen LogP contribution >= 0.6 is 11.3 Å². The lowest BCUT2D eigenvalue weighted by molar-refractivity contribution is 0.0954. The molecule has 20 heavy (non-hydrogen) atoms. The van der Waals surface area contributed by atoms with E-state index in [2.05, 4.69) is 10.3 Å². The molecule has 102 valence electrons. The molecule has 0 saturated heterocycles. The van der Waals surface area contributed by atoms with E-state index in [4.69, 9.17) is 10.2 Å². The highest BCUT2D eigenvalue weighted by molar-refractivity contribution is 7.22. The maximum Gasteiger partial charge on any atom is 0.251 e. The lowest BCUT2D eigenvalue weighted by Gasteiger charge is -2.04. The van der Waals surface area contributed by atoms with Gasteiger partial charge in [0.1, 0.15) is 5.76 Å². The van der Waals surface area contributed by atoms with Crippen LogP contribution in [0.5, 0.6) is 0 Å². The van der Waals surface area contributed by atoms with Gasteiger partial charge in [0.15, 0.2) is 5.13 Å². The quantitative estimate of drug-likeness (QED) is 0.772. The average Bonchev–Trinajstić information content (AvgIpc) is 3.05. The molecule has 0 unspecified atom stereocenters. The predicted octanol–water partition coefficient (Wildman–Crippen LogP) is 2.44. The summed E-state index contributed by atoms with van der Waals surface area (Å²) >= 11 is 1.38. The Labute approximate surface area is 119 Å². The van der Waals surface area contributed by atoms with Crippen molar-refractivity contribution in [1.82, 2.24) is 10.3 Å². The minimum atomic E-state index is -0.106. The molecule has 0 aliphatic rings. The second-order valence-corrected chi connectivity index (χ2v) is 5.38. The molecule has 3 aromatic rings. The topological polar surface area (TPSA) is 81.1 Å². The number of benzene rings is 1. The van der Waals surface area contributed by atoms with Crippen LogP contribution in [-0.2, 0) is 6.42 Å². The van der Waals surface area contributed by atoms with E-state index in [1.165, 1.54) is 11.3 Å². The summed E-state index contributed by atoms with van der Waals surface area (Å²) in [5.41, 5.74) is 7.08. The van der Waals surface area contributed by atoms with Gasteiger partial charge in [-0.2, -0.15) is 0 Å². The number of aromatic nitrogens is 1. The summed E-state index contributed by atoms with van der Waals surface area (Å²) in [6, 6.07) is 9.09. The van der Waals surface area contributed by atoms with E-state index in [1.54, 1.807) is 12.3 Å². The first-order valence-corrected chi connectivity index (χ1v) is 7.01. The summed E-state index contributed by atoms with van der Waals surface area (Å²) in [5, 5.41) is 3.37. The van der Waals surface area contributed by atoms with E-state index in [0.717, 1.165) is 16.0 Å². The predicted molar refractivity (Wildman–Crippen MR) is 78.8 cm³/mol. The second-order valence-electron chi connectivity index (χ2n) is 4.32. The van der Waals surface area contributed by atoms with Crippen molar-refractivity contribution < 1.29 is 9.21 Å². The second kappa shape index (κ2) is 5.34. The summed E-state index contributed by atoms with van der Waals surface area (Å²) in [7, 11) is 0. The molecule has 3 N–H and O–H groups in total. The van der Waals surface area contributed by atoms with Gasteiger partial charge < -0.3 is 15.5 Å². The molecule has 0 aliphatic carbocycles. The third kappa shape index (κ3) is 2.65. The zero-order valence-electron chi connectivity index (χ0n) is 10.6. The van der Waals surface area contributed by atoms with Crippen LogP contribution in [0.25, 0.3) is 10.2 Å². The SMILES string of the molecule is Nc1nc2ccc(C(=O)NCCc3ccco3)cc2s1. The monoisotopic (exact) mass is 287 g/mol. The molecule has 0 spiro atoms. The first kappa shape index (κ1) is 12.7. The van der Waals surface area contributed by atoms with Crippen LogP contribution in [0.2, 0.25) is 0 Å². The summed E-state index contributed by atoms with van der Waals surface area (Å²) in [5.74, 6) is 0.751. The highest BCUT2D eigenvalue weighted by atomic mass is 32.1. The number of hydrogen-bond acceptors (Lipinski definition) is 5. The number of nitrogens with one attached hydrogen (secondary N) is 1. The number of carbonyl (C=O) groups excluding carboxylic acids is 1. The Morgan fingerprint density at radius 2 is 2.30 bits per heavy atom. The van der Waals surface area contributed by atoms with E-state index in [-0.39, 0.29) is 5.91 Å². The van der Waals surface area contributed by atoms with Crippen molar-refractivity contribution in [1.29, 1.82) is 0 Å². The van der Waals surface area contributed by atoms with Crippen molar-refractivity contribution in [3.8, 4) is 0 Å². The minimum absolute atomic E-state index is 0.106. The van der Waals surface area contributed by atoms with Gasteiger partial charge in [-0.1, -0.05) is 11.3 Å². The van der Waals surface area contributed by atoms with Crippen molar-refractivity contribution in [3.63, 3.8) is 0 Å². The maximum atomic E-state index is 12.0. The molecular weight excluding hydrogens is 274 g/mol. The number of thiazole rings is 1. The van der Waals surface area contributed by atoms with E-state index < -0.39 is 0 Å². The van der Waals surface area contributed by atoms with Crippen molar-refractivity contribution in [2.75, 3.05) is 12.3 Å². The van der Waals surface area contributed by atoms with Gasteiger partial charge in [-0.3, -0.25) is 4.79 Å². The van der Waals surface area contributed by atoms with Crippen molar-refractivity contribution in [2.45, 2.75) is 6.42 Å². The van der Waals surface area contributed by atoms with Gasteiger partial charge >= 0.3 is 0 Å². The van der Waals surface area contributed by atoms with Crippen LogP contribution in [0.1, 0.15) is 16.1 Å². The summed E-state index contributed by atoms with van der Waals surface area (Å²) in [4.78, 5) is 16.2. The molecule has 3 rings (SSSR count). The first-order valence-electron chi connectivity index (χ1n) is 6.19. The number of anilines is 1. The van der Waals surface area contributed by atoms with Gasteiger partial charge in [-0.25, -0.2) is 4.98 Å². The Morgan fingerprint density at radius 3 is 3.10 bits per heavy atom. The number of fused-ring (bicyclic) bond motifs is 1. The maximum absolute atomic E-state index is 12.0. The number of amides is 1. The van der Waals surface area contributed by atoms with Crippen LogP contribution in [0.15, 0.2) is 41.0 Å². The zero-order valence-corrected chi connectivity index (χ0v) is 11.4. The summed E-state index contributed by atoms with van der Waals surface area (Å²) in [6.45, 7) is 0.537. The molecule has 6 heteroatoms. The molecule has 0 atom stereocenters. The fraction of sp³-hybridized carbons (Fsp3) is 0.143. The van der Waals surface area contributed by atoms with Crippen molar-refractivity contribution in [2.24, 2.45) is 0 Å². The molecule has 0 bridgehead atoms. The molecule has 0 aliphatic heterocycles. The number of furan rings is 1. The van der Waals surface area contributed by atoms with Gasteiger partial charge in [0.25, 0.3) is 5.91 Å². The highest BCUT2D eigenvalue weighted by Gasteiger charge is 2.08. The fourth-order valence-electron chi connectivity index (χ4n) is 1.94. The Balaban J connectivity index is 1.65. The zero-order chi connectivity index (χ0) is 13.9. The summed E-state index contributed by atoms with van der Waals surface area (Å²) in [6.07, 6.45) is 2.30. The number of rotatable bonds is 4. The first-order chi connectivity index (χ1) is 9.72. The lowest BCUT2D eigenvalue weighted by Crippen LogP contribution is -2.25. The molecule has 0 fully saturated rings. The molecule has 1 amide bonds. The highest BCUT2D eigenvalue weighted by Crippen LogP contribution is 2.24. The lowest BCUT2D eigenvalue weighted by atomic mass is 10.2. The van der Waals surface area contributed by atoms with Gasteiger partial charge in [-0.15, -0.1) is 0 Å². The number of nitrogens with zero attached hydrogens (tertiary/aromatic N) is 1. The smallest absolute Gasteiger partial charge is 0.251 e. The molecule has 5 nitrogen and oxygen atoms in total. The van der Waals surface area contributed by atoms with E-state index in [0.29, 0.717) is 23.7 Å². The Hall–Kier alpha value is -2.34. The molecule has 2 aromatic heterocycles. The molecule has 2 heterocycles. The summed E-state index contributed by atoms with van der Waals surface area (Å²) < 4.78 is 6.13. The number of carbonyl (C=O) groups is 1. The third-order valence-electron chi connectivity index (χ3n) is 2.90. The van der Waals surface area contributed by atoms with Crippen LogP contribution in [0.3, 0.4) is 0 Å². The Kier molecular flexibility index (Phi) is 3.39. The minimum Gasteiger partial charge on any atom is -0.469 e. The fourth-order valence-corrected chi connectivity index (χ4v) is 2.71. The normalized spacial score (nSPS) is 10.8. The van der Waals surface area contributed by atoms with Gasteiger partial charge in [0, 0.05) is 18.5 Å². The Bertz CT molecular complexity index is 734. The molecule has 0 saturated carbocycles.